The molecule has 0 unspecified atom stereocenters. The standard InChI is InChI=1S/C21H21ClN4O3/c1-3-29-15-10-8-14(9-11-15)13-23-21(28)18-12-19(26(2)25-18)24-20(27)16-6-4-5-7-17(16)22/h4-12H,3,13H2,1-2H3,(H,23,28)(H,24,27). The van der Waals surface area contributed by atoms with E-state index < -0.39 is 0 Å². The van der Waals surface area contributed by atoms with Crippen molar-refractivity contribution in [1.29, 1.82) is 0 Å². The van der Waals surface area contributed by atoms with Gasteiger partial charge >= 0.3 is 0 Å². The molecule has 29 heavy (non-hydrogen) atoms. The fourth-order valence-electron chi connectivity index (χ4n) is 2.67. The van der Waals surface area contributed by atoms with Crippen LogP contribution in [0.4, 0.5) is 5.82 Å². The number of nitrogens with one attached hydrogen (secondary N) is 2. The van der Waals surface area contributed by atoms with Crippen LogP contribution in [0.1, 0.15) is 33.3 Å². The molecule has 0 atom stereocenters. The second-order valence-electron chi connectivity index (χ2n) is 6.23. The Morgan fingerprint density at radius 2 is 1.83 bits per heavy atom. The van der Waals surface area contributed by atoms with E-state index in [2.05, 4.69) is 15.7 Å². The predicted molar refractivity (Wildman–Crippen MR) is 111 cm³/mol. The monoisotopic (exact) mass is 412 g/mol. The van der Waals surface area contributed by atoms with Crippen LogP contribution in [0.2, 0.25) is 5.02 Å². The Morgan fingerprint density at radius 1 is 1.10 bits per heavy atom. The lowest BCUT2D eigenvalue weighted by atomic mass is 10.2. The Labute approximate surface area is 173 Å². The number of anilines is 1. The number of carbonyl (C=O) groups is 2. The summed E-state index contributed by atoms with van der Waals surface area (Å²) in [7, 11) is 1.64. The molecule has 7 nitrogen and oxygen atoms in total. The normalized spacial score (nSPS) is 10.4. The van der Waals surface area contributed by atoms with Crippen LogP contribution in [0.5, 0.6) is 5.75 Å². The zero-order valence-corrected chi connectivity index (χ0v) is 16.9. The van der Waals surface area contributed by atoms with E-state index >= 15 is 0 Å². The molecule has 3 rings (SSSR count). The molecule has 0 aliphatic rings. The van der Waals surface area contributed by atoms with Crippen molar-refractivity contribution in [2.45, 2.75) is 13.5 Å². The number of amides is 2. The zero-order valence-electron chi connectivity index (χ0n) is 16.1. The smallest absolute Gasteiger partial charge is 0.272 e. The molecule has 1 heterocycles. The second kappa shape index (κ2) is 9.25. The number of halogens is 1. The van der Waals surface area contributed by atoms with E-state index in [1.54, 1.807) is 31.3 Å². The highest BCUT2D eigenvalue weighted by Gasteiger charge is 2.16. The van der Waals surface area contributed by atoms with Crippen LogP contribution in [-0.4, -0.2) is 28.2 Å². The number of hydrogen-bond donors (Lipinski definition) is 2. The number of benzene rings is 2. The minimum absolute atomic E-state index is 0.202. The van der Waals surface area contributed by atoms with Gasteiger partial charge in [-0.05, 0) is 36.8 Å². The van der Waals surface area contributed by atoms with E-state index in [0.717, 1.165) is 11.3 Å². The van der Waals surface area contributed by atoms with Crippen LogP contribution >= 0.6 is 11.6 Å². The maximum Gasteiger partial charge on any atom is 0.272 e. The van der Waals surface area contributed by atoms with E-state index in [1.807, 2.05) is 31.2 Å². The van der Waals surface area contributed by atoms with Crippen LogP contribution in [0, 0.1) is 0 Å². The van der Waals surface area contributed by atoms with Gasteiger partial charge in [0.1, 0.15) is 11.6 Å². The van der Waals surface area contributed by atoms with Gasteiger partial charge in [-0.25, -0.2) is 0 Å². The molecule has 0 aliphatic carbocycles. The summed E-state index contributed by atoms with van der Waals surface area (Å²) < 4.78 is 6.83. The third kappa shape index (κ3) is 5.14. The van der Waals surface area contributed by atoms with Gasteiger partial charge in [0.25, 0.3) is 11.8 Å². The van der Waals surface area contributed by atoms with Crippen LogP contribution in [0.3, 0.4) is 0 Å². The molecule has 3 aromatic rings. The molecule has 2 amide bonds. The molecule has 0 bridgehead atoms. The van der Waals surface area contributed by atoms with Crippen molar-refractivity contribution in [3.8, 4) is 5.75 Å². The molecule has 0 aliphatic heterocycles. The summed E-state index contributed by atoms with van der Waals surface area (Å²) in [5, 5.41) is 10.0. The first-order valence-electron chi connectivity index (χ1n) is 9.07. The second-order valence-corrected chi connectivity index (χ2v) is 6.64. The number of ether oxygens (including phenoxy) is 1. The van der Waals surface area contributed by atoms with Crippen molar-refractivity contribution in [3.63, 3.8) is 0 Å². The molecule has 8 heteroatoms. The zero-order chi connectivity index (χ0) is 20.8. The number of aromatic nitrogens is 2. The Hall–Kier alpha value is -3.32. The lowest BCUT2D eigenvalue weighted by molar-refractivity contribution is 0.0944. The highest BCUT2D eigenvalue weighted by Crippen LogP contribution is 2.18. The number of aryl methyl sites for hydroxylation is 1. The summed E-state index contributed by atoms with van der Waals surface area (Å²) >= 11 is 6.05. The number of nitrogens with zero attached hydrogens (tertiary/aromatic N) is 2. The highest BCUT2D eigenvalue weighted by molar-refractivity contribution is 6.34. The Bertz CT molecular complexity index is 1020. The van der Waals surface area contributed by atoms with Crippen LogP contribution in [0.25, 0.3) is 0 Å². The molecule has 150 valence electrons. The summed E-state index contributed by atoms with van der Waals surface area (Å²) in [6, 6.07) is 15.7. The SMILES string of the molecule is CCOc1ccc(CNC(=O)c2cc(NC(=O)c3ccccc3Cl)n(C)n2)cc1. The van der Waals surface area contributed by atoms with Crippen molar-refractivity contribution in [3.05, 3.63) is 76.4 Å². The Balaban J connectivity index is 1.62. The van der Waals surface area contributed by atoms with Gasteiger partial charge in [0.2, 0.25) is 0 Å². The quantitative estimate of drug-likeness (QED) is 0.620. The first-order chi connectivity index (χ1) is 14.0. The van der Waals surface area contributed by atoms with Crippen LogP contribution in [0.15, 0.2) is 54.6 Å². The Morgan fingerprint density at radius 3 is 2.52 bits per heavy atom. The average Bonchev–Trinajstić information content (AvgIpc) is 3.08. The van der Waals surface area contributed by atoms with Crippen molar-refractivity contribution >= 4 is 29.2 Å². The first-order valence-corrected chi connectivity index (χ1v) is 9.45. The predicted octanol–water partition coefficient (Wildman–Crippen LogP) is 3.65. The van der Waals surface area contributed by atoms with Crippen molar-refractivity contribution in [2.75, 3.05) is 11.9 Å². The number of rotatable bonds is 7. The van der Waals surface area contributed by atoms with E-state index in [4.69, 9.17) is 16.3 Å². The van der Waals surface area contributed by atoms with Gasteiger partial charge in [0, 0.05) is 19.7 Å². The van der Waals surface area contributed by atoms with Gasteiger partial charge in [0.15, 0.2) is 5.69 Å². The number of hydrogen-bond acceptors (Lipinski definition) is 4. The van der Waals surface area contributed by atoms with Gasteiger partial charge in [-0.3, -0.25) is 14.3 Å². The lowest BCUT2D eigenvalue weighted by Crippen LogP contribution is -2.23. The van der Waals surface area contributed by atoms with Gasteiger partial charge in [0.05, 0.1) is 17.2 Å². The third-order valence-corrected chi connectivity index (χ3v) is 4.49. The highest BCUT2D eigenvalue weighted by atomic mass is 35.5. The minimum atomic E-state index is -0.375. The molecule has 0 spiro atoms. The fourth-order valence-corrected chi connectivity index (χ4v) is 2.89. The molecular weight excluding hydrogens is 392 g/mol. The fraction of sp³-hybridized carbons (Fsp3) is 0.190. The Kier molecular flexibility index (Phi) is 6.51. The molecule has 2 aromatic carbocycles. The lowest BCUT2D eigenvalue weighted by Gasteiger charge is -2.06. The summed E-state index contributed by atoms with van der Waals surface area (Å²) in [4.78, 5) is 24.8. The third-order valence-electron chi connectivity index (χ3n) is 4.16. The van der Waals surface area contributed by atoms with Crippen LogP contribution < -0.4 is 15.4 Å². The largest absolute Gasteiger partial charge is 0.494 e. The van der Waals surface area contributed by atoms with Crippen molar-refractivity contribution in [1.82, 2.24) is 15.1 Å². The maximum atomic E-state index is 12.4. The van der Waals surface area contributed by atoms with E-state index in [9.17, 15) is 9.59 Å². The van der Waals surface area contributed by atoms with Gasteiger partial charge < -0.3 is 15.4 Å². The van der Waals surface area contributed by atoms with Crippen LogP contribution in [-0.2, 0) is 13.6 Å². The summed E-state index contributed by atoms with van der Waals surface area (Å²) in [5.74, 6) is 0.458. The molecule has 0 radical (unpaired) electrons. The molecule has 0 saturated heterocycles. The van der Waals surface area contributed by atoms with Gasteiger partial charge in [-0.15, -0.1) is 0 Å². The summed E-state index contributed by atoms with van der Waals surface area (Å²) in [5.41, 5.74) is 1.48. The van der Waals surface area contributed by atoms with Gasteiger partial charge in [-0.1, -0.05) is 35.9 Å². The van der Waals surface area contributed by atoms with E-state index in [1.165, 1.54) is 10.7 Å². The molecule has 0 saturated carbocycles. The van der Waals surface area contributed by atoms with Crippen molar-refractivity contribution in [2.24, 2.45) is 7.05 Å². The average molecular weight is 413 g/mol. The van der Waals surface area contributed by atoms with Gasteiger partial charge in [-0.2, -0.15) is 5.10 Å². The molecule has 0 fully saturated rings. The van der Waals surface area contributed by atoms with E-state index in [0.29, 0.717) is 29.6 Å². The first kappa shape index (κ1) is 20.4. The summed E-state index contributed by atoms with van der Waals surface area (Å²) in [6.07, 6.45) is 0. The van der Waals surface area contributed by atoms with Crippen molar-refractivity contribution < 1.29 is 14.3 Å². The molecule has 1 aromatic heterocycles. The molecular formula is C21H21ClN4O3. The maximum absolute atomic E-state index is 12.4. The summed E-state index contributed by atoms with van der Waals surface area (Å²) in [6.45, 7) is 2.88. The minimum Gasteiger partial charge on any atom is -0.494 e. The molecule has 2 N–H and O–H groups in total. The number of carbonyl (C=O) groups excluding carboxylic acids is 2. The topological polar surface area (TPSA) is 85.3 Å². The van der Waals surface area contributed by atoms with E-state index in [-0.39, 0.29) is 17.5 Å².